The molecule has 0 unspecified atom stereocenters. The summed E-state index contributed by atoms with van der Waals surface area (Å²) in [5, 5.41) is 24.2. The predicted molar refractivity (Wildman–Crippen MR) is 144 cm³/mol. The van der Waals surface area contributed by atoms with Crippen LogP contribution < -0.4 is 26.2 Å². The van der Waals surface area contributed by atoms with E-state index in [1.165, 1.54) is 32.1 Å². The Morgan fingerprint density at radius 2 is 2.00 bits per heavy atom. The smallest absolute Gasteiger partial charge is 0.229 e. The second-order valence-electron chi connectivity index (χ2n) is 9.59. The molecular formula is C24H42N12. The van der Waals surface area contributed by atoms with E-state index in [9.17, 15) is 0 Å². The number of aromatic amines is 1. The molecule has 1 saturated carbocycles. The maximum atomic E-state index is 4.73. The van der Waals surface area contributed by atoms with Crippen LogP contribution in [0, 0.1) is 0 Å². The van der Waals surface area contributed by atoms with E-state index in [1.807, 2.05) is 12.1 Å². The summed E-state index contributed by atoms with van der Waals surface area (Å²) in [6.07, 6.45) is 9.63. The van der Waals surface area contributed by atoms with Crippen LogP contribution in [0.2, 0.25) is 0 Å². The molecule has 5 N–H and O–H groups in total. The zero-order chi connectivity index (χ0) is 25.0. The highest BCUT2D eigenvalue weighted by Crippen LogP contribution is 2.21. The number of imidazole rings is 1. The summed E-state index contributed by atoms with van der Waals surface area (Å²) in [6, 6.07) is 0.738. The Hall–Kier alpha value is -2.83. The summed E-state index contributed by atoms with van der Waals surface area (Å²) >= 11 is 0. The summed E-state index contributed by atoms with van der Waals surface area (Å²) in [7, 11) is 1.93. The van der Waals surface area contributed by atoms with E-state index in [1.54, 1.807) is 6.33 Å². The van der Waals surface area contributed by atoms with Gasteiger partial charge in [-0.3, -0.25) is 5.01 Å². The minimum Gasteiger partial charge on any atom is -0.362 e. The third-order valence-corrected chi connectivity index (χ3v) is 6.65. The molecule has 0 aromatic carbocycles. The van der Waals surface area contributed by atoms with Gasteiger partial charge in [-0.15, -0.1) is 5.11 Å². The van der Waals surface area contributed by atoms with Gasteiger partial charge in [0.2, 0.25) is 5.95 Å². The fraction of sp³-hybridized carbons (Fsp3) is 0.708. The molecule has 198 valence electrons. The number of nitrogens with zero attached hydrogens (tertiary/aromatic N) is 7. The quantitative estimate of drug-likeness (QED) is 0.150. The van der Waals surface area contributed by atoms with Crippen LogP contribution in [0.25, 0.3) is 11.2 Å². The number of hydrogen-bond acceptors (Lipinski definition) is 10. The summed E-state index contributed by atoms with van der Waals surface area (Å²) in [4.78, 5) is 18.9. The largest absolute Gasteiger partial charge is 0.362 e. The first-order valence-corrected chi connectivity index (χ1v) is 13.3. The van der Waals surface area contributed by atoms with Crippen molar-refractivity contribution in [1.29, 1.82) is 0 Å². The molecule has 36 heavy (non-hydrogen) atoms. The van der Waals surface area contributed by atoms with Crippen molar-refractivity contribution in [3.05, 3.63) is 18.6 Å². The van der Waals surface area contributed by atoms with E-state index in [0.29, 0.717) is 29.7 Å². The Morgan fingerprint density at radius 3 is 2.83 bits per heavy atom. The predicted octanol–water partition coefficient (Wildman–Crippen LogP) is 1.89. The molecule has 0 radical (unpaired) electrons. The molecule has 1 aliphatic heterocycles. The fourth-order valence-electron chi connectivity index (χ4n) is 4.55. The van der Waals surface area contributed by atoms with Gasteiger partial charge in [-0.2, -0.15) is 9.97 Å². The molecule has 3 heterocycles. The molecule has 4 rings (SSSR count). The van der Waals surface area contributed by atoms with Crippen LogP contribution >= 0.6 is 0 Å². The van der Waals surface area contributed by atoms with Crippen molar-refractivity contribution in [1.82, 2.24) is 40.9 Å². The minimum absolute atomic E-state index is 0.426. The van der Waals surface area contributed by atoms with Crippen LogP contribution in [0.15, 0.2) is 28.9 Å². The maximum Gasteiger partial charge on any atom is 0.229 e. The van der Waals surface area contributed by atoms with Crippen molar-refractivity contribution in [3.63, 3.8) is 0 Å². The Kier molecular flexibility index (Phi) is 10.2. The lowest BCUT2D eigenvalue weighted by molar-refractivity contribution is 0.325. The number of likely N-dealkylation sites (N-methyl/N-ethyl adjacent to an activating group) is 1. The van der Waals surface area contributed by atoms with Crippen LogP contribution in [0.3, 0.4) is 0 Å². The lowest BCUT2D eigenvalue weighted by Gasteiger charge is -2.27. The van der Waals surface area contributed by atoms with E-state index >= 15 is 0 Å². The fourth-order valence-corrected chi connectivity index (χ4v) is 4.55. The van der Waals surface area contributed by atoms with E-state index in [2.05, 4.69) is 58.0 Å². The molecule has 2 aromatic rings. The Bertz CT molecular complexity index is 961. The Labute approximate surface area is 213 Å². The number of rotatable bonds is 14. The van der Waals surface area contributed by atoms with Crippen molar-refractivity contribution in [2.75, 3.05) is 76.2 Å². The molecule has 1 aliphatic carbocycles. The zero-order valence-corrected chi connectivity index (χ0v) is 21.6. The monoisotopic (exact) mass is 498 g/mol. The molecule has 0 spiro atoms. The van der Waals surface area contributed by atoms with Gasteiger partial charge < -0.3 is 31.2 Å². The number of nitrogens with one attached hydrogen (secondary N) is 5. The average molecular weight is 499 g/mol. The normalized spacial score (nSPS) is 17.2. The van der Waals surface area contributed by atoms with Gasteiger partial charge in [0.1, 0.15) is 5.52 Å². The van der Waals surface area contributed by atoms with Crippen LogP contribution in [0.5, 0.6) is 0 Å². The second kappa shape index (κ2) is 14.0. The number of anilines is 2. The summed E-state index contributed by atoms with van der Waals surface area (Å²) in [5.41, 5.74) is 2.04. The van der Waals surface area contributed by atoms with E-state index in [-0.39, 0.29) is 0 Å². The first-order chi connectivity index (χ1) is 17.7. The molecule has 2 aliphatic rings. The van der Waals surface area contributed by atoms with Crippen LogP contribution in [-0.2, 0) is 0 Å². The standard InChI is InChI=1S/C24H42N12/c1-19(33-34-35(2)14-11-25-9-6-10-27-20-7-4-3-5-8-20)17-28-22-21-23(30-18-29-21)32-24(31-22)36-15-12-26-13-16-36/h18,20,25-27H,1,3-17H2,2H3,(H2,28,29,30,31,32). The Balaban J connectivity index is 1.13. The minimum atomic E-state index is 0.426. The number of hydrogen-bond donors (Lipinski definition) is 5. The molecule has 0 bridgehead atoms. The highest BCUT2D eigenvalue weighted by molar-refractivity contribution is 5.83. The van der Waals surface area contributed by atoms with Crippen molar-refractivity contribution in [2.45, 2.75) is 44.6 Å². The Morgan fingerprint density at radius 1 is 1.17 bits per heavy atom. The van der Waals surface area contributed by atoms with Gasteiger partial charge in [-0.05, 0) is 32.4 Å². The summed E-state index contributed by atoms with van der Waals surface area (Å²) in [5.74, 6) is 1.38. The van der Waals surface area contributed by atoms with E-state index < -0.39 is 0 Å². The summed E-state index contributed by atoms with van der Waals surface area (Å²) < 4.78 is 0. The lowest BCUT2D eigenvalue weighted by atomic mass is 9.95. The molecule has 0 amide bonds. The van der Waals surface area contributed by atoms with Crippen molar-refractivity contribution in [2.24, 2.45) is 10.3 Å². The van der Waals surface area contributed by atoms with Crippen molar-refractivity contribution in [3.8, 4) is 0 Å². The van der Waals surface area contributed by atoms with Gasteiger partial charge in [0, 0.05) is 52.4 Å². The number of piperazine rings is 1. The highest BCUT2D eigenvalue weighted by atomic mass is 15.5. The highest BCUT2D eigenvalue weighted by Gasteiger charge is 2.17. The molecule has 0 atom stereocenters. The van der Waals surface area contributed by atoms with Crippen molar-refractivity contribution < 1.29 is 0 Å². The second-order valence-corrected chi connectivity index (χ2v) is 9.59. The zero-order valence-electron chi connectivity index (χ0n) is 21.6. The maximum absolute atomic E-state index is 4.73. The molecule has 2 aromatic heterocycles. The third kappa shape index (κ3) is 8.10. The summed E-state index contributed by atoms with van der Waals surface area (Å²) in [6.45, 7) is 11.8. The first kappa shape index (κ1) is 26.2. The molecule has 2 fully saturated rings. The van der Waals surface area contributed by atoms with E-state index in [4.69, 9.17) is 4.98 Å². The molecule has 12 heteroatoms. The van der Waals surface area contributed by atoms with Crippen LogP contribution in [-0.4, -0.2) is 96.9 Å². The molecule has 1 saturated heterocycles. The first-order valence-electron chi connectivity index (χ1n) is 13.3. The lowest BCUT2D eigenvalue weighted by Crippen LogP contribution is -2.44. The van der Waals surface area contributed by atoms with Gasteiger partial charge >= 0.3 is 0 Å². The van der Waals surface area contributed by atoms with Gasteiger partial charge in [0.05, 0.1) is 18.6 Å². The van der Waals surface area contributed by atoms with E-state index in [0.717, 1.165) is 70.3 Å². The SMILES string of the molecule is C=C(CNc1nc(N2CCNCC2)nc2nc[nH]c12)N=NN(C)CCNCCCNC1CCCCC1. The average Bonchev–Trinajstić information content (AvgIpc) is 3.40. The van der Waals surface area contributed by atoms with Gasteiger partial charge in [0.15, 0.2) is 11.5 Å². The molecule has 12 nitrogen and oxygen atoms in total. The van der Waals surface area contributed by atoms with Gasteiger partial charge in [-0.1, -0.05) is 31.1 Å². The van der Waals surface area contributed by atoms with Gasteiger partial charge in [0.25, 0.3) is 0 Å². The topological polar surface area (TPSA) is 134 Å². The number of aromatic nitrogens is 4. The molecular weight excluding hydrogens is 456 g/mol. The number of H-pyrrole nitrogens is 1. The van der Waals surface area contributed by atoms with Crippen molar-refractivity contribution >= 4 is 22.9 Å². The third-order valence-electron chi connectivity index (χ3n) is 6.65. The number of fused-ring (bicyclic) bond motifs is 1. The van der Waals surface area contributed by atoms with Crippen LogP contribution in [0.4, 0.5) is 11.8 Å². The van der Waals surface area contributed by atoms with Crippen LogP contribution in [0.1, 0.15) is 38.5 Å². The van der Waals surface area contributed by atoms with Gasteiger partial charge in [-0.25, -0.2) is 4.98 Å².